The van der Waals surface area contributed by atoms with Gasteiger partial charge in [0, 0.05) is 32.7 Å². The Labute approximate surface area is 156 Å². The normalized spacial score (nSPS) is 18.6. The SMILES string of the molecule is C=COCCN1CCN(C2c3ccccc3CCc3ccccc32)CC1. The number of benzene rings is 2. The molecule has 2 aromatic carbocycles. The van der Waals surface area contributed by atoms with E-state index < -0.39 is 0 Å². The number of piperazine rings is 1. The lowest BCUT2D eigenvalue weighted by Crippen LogP contribution is -2.48. The summed E-state index contributed by atoms with van der Waals surface area (Å²) >= 11 is 0. The monoisotopic (exact) mass is 348 g/mol. The van der Waals surface area contributed by atoms with Crippen LogP contribution in [-0.2, 0) is 17.6 Å². The molecule has 4 rings (SSSR count). The molecule has 0 bridgehead atoms. The average molecular weight is 348 g/mol. The van der Waals surface area contributed by atoms with Crippen LogP contribution in [0.5, 0.6) is 0 Å². The van der Waals surface area contributed by atoms with E-state index in [9.17, 15) is 0 Å². The highest BCUT2D eigenvalue weighted by molar-refractivity contribution is 5.44. The van der Waals surface area contributed by atoms with Crippen LogP contribution in [0.1, 0.15) is 28.3 Å². The summed E-state index contributed by atoms with van der Waals surface area (Å²) in [5.74, 6) is 0. The van der Waals surface area contributed by atoms with Gasteiger partial charge in [0.15, 0.2) is 0 Å². The van der Waals surface area contributed by atoms with Crippen molar-refractivity contribution in [2.24, 2.45) is 0 Å². The van der Waals surface area contributed by atoms with Gasteiger partial charge in [0.25, 0.3) is 0 Å². The van der Waals surface area contributed by atoms with Gasteiger partial charge in [0.1, 0.15) is 0 Å². The fourth-order valence-electron chi connectivity index (χ4n) is 4.40. The molecule has 0 aromatic heterocycles. The van der Waals surface area contributed by atoms with Crippen LogP contribution in [-0.4, -0.2) is 49.1 Å². The van der Waals surface area contributed by atoms with Crippen LogP contribution in [0.4, 0.5) is 0 Å². The molecule has 3 heteroatoms. The van der Waals surface area contributed by atoms with E-state index in [2.05, 4.69) is 64.9 Å². The second kappa shape index (κ2) is 8.07. The standard InChI is InChI=1S/C23H28N2O/c1-2-26-18-17-24-13-15-25(16-14-24)23-21-9-5-3-7-19(21)11-12-20-8-4-6-10-22(20)23/h2-10,23H,1,11-18H2. The van der Waals surface area contributed by atoms with E-state index in [0.717, 1.165) is 52.2 Å². The minimum Gasteiger partial charge on any atom is -0.500 e. The van der Waals surface area contributed by atoms with E-state index in [1.54, 1.807) is 0 Å². The molecule has 2 aliphatic rings. The largest absolute Gasteiger partial charge is 0.500 e. The lowest BCUT2D eigenvalue weighted by atomic mass is 9.93. The molecular formula is C23H28N2O. The first-order valence-electron chi connectivity index (χ1n) is 9.71. The lowest BCUT2D eigenvalue weighted by Gasteiger charge is -2.40. The highest BCUT2D eigenvalue weighted by Gasteiger charge is 2.30. The summed E-state index contributed by atoms with van der Waals surface area (Å²) in [6.07, 6.45) is 3.82. The summed E-state index contributed by atoms with van der Waals surface area (Å²) in [6.45, 7) is 9.73. The first-order valence-corrected chi connectivity index (χ1v) is 9.71. The number of nitrogens with zero attached hydrogens (tertiary/aromatic N) is 2. The maximum absolute atomic E-state index is 5.30. The van der Waals surface area contributed by atoms with Crippen molar-refractivity contribution < 1.29 is 4.74 Å². The van der Waals surface area contributed by atoms with Crippen LogP contribution in [0.15, 0.2) is 61.4 Å². The van der Waals surface area contributed by atoms with Crippen LogP contribution in [0.25, 0.3) is 0 Å². The van der Waals surface area contributed by atoms with Gasteiger partial charge >= 0.3 is 0 Å². The predicted molar refractivity (Wildman–Crippen MR) is 106 cm³/mol. The van der Waals surface area contributed by atoms with Gasteiger partial charge in [0.05, 0.1) is 18.9 Å². The summed E-state index contributed by atoms with van der Waals surface area (Å²) in [6, 6.07) is 18.5. The zero-order valence-electron chi connectivity index (χ0n) is 15.4. The van der Waals surface area contributed by atoms with Gasteiger partial charge in [-0.15, -0.1) is 0 Å². The average Bonchev–Trinajstić information content (AvgIpc) is 2.86. The molecule has 0 amide bonds. The third-order valence-electron chi connectivity index (χ3n) is 5.78. The molecule has 3 nitrogen and oxygen atoms in total. The molecule has 0 spiro atoms. The van der Waals surface area contributed by atoms with Crippen LogP contribution >= 0.6 is 0 Å². The molecule has 136 valence electrons. The van der Waals surface area contributed by atoms with E-state index in [0.29, 0.717) is 6.04 Å². The third kappa shape index (κ3) is 3.55. The highest BCUT2D eigenvalue weighted by Crippen LogP contribution is 2.37. The molecule has 1 saturated heterocycles. The topological polar surface area (TPSA) is 15.7 Å². The zero-order valence-corrected chi connectivity index (χ0v) is 15.4. The molecular weight excluding hydrogens is 320 g/mol. The molecule has 0 N–H and O–H groups in total. The van der Waals surface area contributed by atoms with E-state index >= 15 is 0 Å². The van der Waals surface area contributed by atoms with E-state index in [1.807, 2.05) is 0 Å². The maximum Gasteiger partial charge on any atom is 0.0999 e. The Morgan fingerprint density at radius 3 is 2.04 bits per heavy atom. The first-order chi connectivity index (χ1) is 12.9. The first kappa shape index (κ1) is 17.3. The van der Waals surface area contributed by atoms with E-state index in [4.69, 9.17) is 4.74 Å². The Morgan fingerprint density at radius 2 is 1.46 bits per heavy atom. The Kier molecular flexibility index (Phi) is 5.37. The number of hydrogen-bond donors (Lipinski definition) is 0. The van der Waals surface area contributed by atoms with Crippen molar-refractivity contribution in [3.05, 3.63) is 83.6 Å². The van der Waals surface area contributed by atoms with Crippen molar-refractivity contribution in [1.82, 2.24) is 9.80 Å². The van der Waals surface area contributed by atoms with Gasteiger partial charge in [-0.2, -0.15) is 0 Å². The summed E-state index contributed by atoms with van der Waals surface area (Å²) in [7, 11) is 0. The third-order valence-corrected chi connectivity index (χ3v) is 5.78. The Balaban J connectivity index is 1.57. The van der Waals surface area contributed by atoms with Gasteiger partial charge in [-0.3, -0.25) is 9.80 Å². The lowest BCUT2D eigenvalue weighted by molar-refractivity contribution is 0.0909. The molecule has 1 aliphatic heterocycles. The number of hydrogen-bond acceptors (Lipinski definition) is 3. The fraction of sp³-hybridized carbons (Fsp3) is 0.391. The smallest absolute Gasteiger partial charge is 0.0999 e. The Hall–Kier alpha value is -2.10. The minimum atomic E-state index is 0.386. The molecule has 26 heavy (non-hydrogen) atoms. The van der Waals surface area contributed by atoms with E-state index in [1.165, 1.54) is 28.5 Å². The molecule has 1 fully saturated rings. The second-order valence-electron chi connectivity index (χ2n) is 7.22. The van der Waals surface area contributed by atoms with Crippen LogP contribution in [0, 0.1) is 0 Å². The molecule has 1 aliphatic carbocycles. The molecule has 0 radical (unpaired) electrons. The van der Waals surface area contributed by atoms with Gasteiger partial charge in [0.2, 0.25) is 0 Å². The number of ether oxygens (including phenoxy) is 1. The van der Waals surface area contributed by atoms with Crippen LogP contribution in [0.2, 0.25) is 0 Å². The molecule has 0 atom stereocenters. The summed E-state index contributed by atoms with van der Waals surface area (Å²) in [5, 5.41) is 0. The van der Waals surface area contributed by atoms with E-state index in [-0.39, 0.29) is 0 Å². The van der Waals surface area contributed by atoms with Gasteiger partial charge in [-0.1, -0.05) is 55.1 Å². The quantitative estimate of drug-likeness (QED) is 0.606. The number of aryl methyl sites for hydroxylation is 2. The van der Waals surface area contributed by atoms with Crippen molar-refractivity contribution in [1.29, 1.82) is 0 Å². The Bertz CT molecular complexity index is 702. The predicted octanol–water partition coefficient (Wildman–Crippen LogP) is 3.65. The maximum atomic E-state index is 5.30. The molecule has 2 aromatic rings. The summed E-state index contributed by atoms with van der Waals surface area (Å²) in [5.41, 5.74) is 6.02. The van der Waals surface area contributed by atoms with Crippen molar-refractivity contribution in [3.63, 3.8) is 0 Å². The van der Waals surface area contributed by atoms with Crippen molar-refractivity contribution in [2.45, 2.75) is 18.9 Å². The molecule has 0 saturated carbocycles. The molecule has 0 unspecified atom stereocenters. The minimum absolute atomic E-state index is 0.386. The van der Waals surface area contributed by atoms with Crippen molar-refractivity contribution in [3.8, 4) is 0 Å². The zero-order chi connectivity index (χ0) is 17.8. The van der Waals surface area contributed by atoms with Crippen LogP contribution < -0.4 is 0 Å². The fourth-order valence-corrected chi connectivity index (χ4v) is 4.40. The van der Waals surface area contributed by atoms with Crippen LogP contribution in [0.3, 0.4) is 0 Å². The second-order valence-corrected chi connectivity index (χ2v) is 7.22. The van der Waals surface area contributed by atoms with Gasteiger partial charge < -0.3 is 4.74 Å². The van der Waals surface area contributed by atoms with Crippen molar-refractivity contribution in [2.75, 3.05) is 39.3 Å². The highest BCUT2D eigenvalue weighted by atomic mass is 16.5. The van der Waals surface area contributed by atoms with Gasteiger partial charge in [-0.05, 0) is 35.1 Å². The number of fused-ring (bicyclic) bond motifs is 2. The number of rotatable bonds is 5. The van der Waals surface area contributed by atoms with Gasteiger partial charge in [-0.25, -0.2) is 0 Å². The summed E-state index contributed by atoms with van der Waals surface area (Å²) in [4.78, 5) is 5.17. The Morgan fingerprint density at radius 1 is 0.885 bits per heavy atom. The molecule has 1 heterocycles. The summed E-state index contributed by atoms with van der Waals surface area (Å²) < 4.78 is 5.30. The van der Waals surface area contributed by atoms with Crippen molar-refractivity contribution >= 4 is 0 Å².